The number of urea groups is 1. The molecule has 2 heterocycles. The fourth-order valence-corrected chi connectivity index (χ4v) is 3.18. The van der Waals surface area contributed by atoms with Crippen molar-refractivity contribution in [2.45, 2.75) is 18.9 Å². The van der Waals surface area contributed by atoms with E-state index in [2.05, 4.69) is 5.32 Å². The SMILES string of the molecule is O=C(O)C1CCN(C(=O)NC2CC(=O)N(c3c(F)cccc3F)C2)C1. The number of carbonyl (C=O) groups is 3. The number of likely N-dealkylation sites (tertiary alicyclic amines) is 1. The van der Waals surface area contributed by atoms with Crippen molar-refractivity contribution in [3.63, 3.8) is 0 Å². The van der Waals surface area contributed by atoms with Crippen LogP contribution in [0.4, 0.5) is 19.3 Å². The van der Waals surface area contributed by atoms with Crippen LogP contribution < -0.4 is 10.2 Å². The number of halogens is 2. The molecule has 3 rings (SSSR count). The first-order valence-corrected chi connectivity index (χ1v) is 7.89. The van der Waals surface area contributed by atoms with Crippen LogP contribution in [0.25, 0.3) is 0 Å². The number of nitrogens with zero attached hydrogens (tertiary/aromatic N) is 2. The van der Waals surface area contributed by atoms with Crippen molar-refractivity contribution in [2.75, 3.05) is 24.5 Å². The molecule has 2 aliphatic heterocycles. The van der Waals surface area contributed by atoms with Gasteiger partial charge in [0.1, 0.15) is 17.3 Å². The summed E-state index contributed by atoms with van der Waals surface area (Å²) in [6.45, 7) is 0.376. The van der Waals surface area contributed by atoms with Crippen molar-refractivity contribution in [1.82, 2.24) is 10.2 Å². The molecular weight excluding hydrogens is 336 g/mol. The Kier molecular flexibility index (Phi) is 4.56. The maximum absolute atomic E-state index is 13.8. The van der Waals surface area contributed by atoms with Crippen LogP contribution in [0.1, 0.15) is 12.8 Å². The Balaban J connectivity index is 1.63. The lowest BCUT2D eigenvalue weighted by Gasteiger charge is -2.21. The number of rotatable bonds is 3. The number of hydrogen-bond acceptors (Lipinski definition) is 3. The van der Waals surface area contributed by atoms with Crippen molar-refractivity contribution in [1.29, 1.82) is 0 Å². The van der Waals surface area contributed by atoms with Crippen LogP contribution in [-0.2, 0) is 9.59 Å². The molecule has 0 spiro atoms. The first kappa shape index (κ1) is 17.1. The number of carboxylic acids is 1. The van der Waals surface area contributed by atoms with Crippen molar-refractivity contribution in [3.05, 3.63) is 29.8 Å². The molecule has 9 heteroatoms. The molecule has 25 heavy (non-hydrogen) atoms. The lowest BCUT2D eigenvalue weighted by molar-refractivity contribution is -0.141. The zero-order valence-corrected chi connectivity index (χ0v) is 13.2. The number of nitrogens with one attached hydrogen (secondary N) is 1. The predicted octanol–water partition coefficient (Wildman–Crippen LogP) is 1.19. The maximum Gasteiger partial charge on any atom is 0.317 e. The van der Waals surface area contributed by atoms with Crippen LogP contribution in [-0.4, -0.2) is 53.6 Å². The first-order chi connectivity index (χ1) is 11.9. The van der Waals surface area contributed by atoms with Crippen molar-refractivity contribution < 1.29 is 28.3 Å². The average Bonchev–Trinajstić information content (AvgIpc) is 3.15. The highest BCUT2D eigenvalue weighted by atomic mass is 19.1. The molecule has 134 valence electrons. The number of para-hydroxylation sites is 1. The number of anilines is 1. The summed E-state index contributed by atoms with van der Waals surface area (Å²) < 4.78 is 27.7. The predicted molar refractivity (Wildman–Crippen MR) is 83.0 cm³/mol. The molecule has 1 aromatic rings. The highest BCUT2D eigenvalue weighted by molar-refractivity contribution is 5.97. The highest BCUT2D eigenvalue weighted by Crippen LogP contribution is 2.27. The summed E-state index contributed by atoms with van der Waals surface area (Å²) in [6, 6.07) is 2.27. The van der Waals surface area contributed by atoms with Gasteiger partial charge in [-0.2, -0.15) is 0 Å². The number of hydrogen-bond donors (Lipinski definition) is 2. The van der Waals surface area contributed by atoms with Gasteiger partial charge in [-0.3, -0.25) is 9.59 Å². The third-order valence-corrected chi connectivity index (χ3v) is 4.48. The van der Waals surface area contributed by atoms with Crippen molar-refractivity contribution >= 4 is 23.6 Å². The molecule has 3 amide bonds. The van der Waals surface area contributed by atoms with E-state index in [1.165, 1.54) is 11.0 Å². The van der Waals surface area contributed by atoms with Gasteiger partial charge in [-0.15, -0.1) is 0 Å². The number of benzene rings is 1. The largest absolute Gasteiger partial charge is 0.481 e. The topological polar surface area (TPSA) is 90.0 Å². The number of amides is 3. The second-order valence-corrected chi connectivity index (χ2v) is 6.19. The van der Waals surface area contributed by atoms with Crippen molar-refractivity contribution in [2.24, 2.45) is 5.92 Å². The summed E-state index contributed by atoms with van der Waals surface area (Å²) in [5.74, 6) is -3.72. The van der Waals surface area contributed by atoms with Crippen LogP contribution in [0.5, 0.6) is 0 Å². The summed E-state index contributed by atoms with van der Waals surface area (Å²) >= 11 is 0. The van der Waals surface area contributed by atoms with E-state index >= 15 is 0 Å². The molecule has 1 aromatic carbocycles. The molecule has 2 saturated heterocycles. The van der Waals surface area contributed by atoms with Gasteiger partial charge in [-0.05, 0) is 18.6 Å². The van der Waals surface area contributed by atoms with E-state index < -0.39 is 47.2 Å². The summed E-state index contributed by atoms with van der Waals surface area (Å²) in [7, 11) is 0. The average molecular weight is 353 g/mol. The van der Waals surface area contributed by atoms with Gasteiger partial charge in [0.15, 0.2) is 0 Å². The summed E-state index contributed by atoms with van der Waals surface area (Å²) in [5, 5.41) is 11.6. The van der Waals surface area contributed by atoms with Gasteiger partial charge in [-0.25, -0.2) is 13.6 Å². The molecule has 2 fully saturated rings. The van der Waals surface area contributed by atoms with Gasteiger partial charge in [0.2, 0.25) is 5.91 Å². The van der Waals surface area contributed by atoms with Crippen LogP contribution in [0.3, 0.4) is 0 Å². The Morgan fingerprint density at radius 1 is 1.20 bits per heavy atom. The van der Waals surface area contributed by atoms with Gasteiger partial charge in [0, 0.05) is 26.1 Å². The Morgan fingerprint density at radius 3 is 2.48 bits per heavy atom. The minimum Gasteiger partial charge on any atom is -0.481 e. The minimum atomic E-state index is -0.951. The molecule has 0 radical (unpaired) electrons. The zero-order valence-electron chi connectivity index (χ0n) is 13.2. The molecular formula is C16H17F2N3O4. The van der Waals surface area contributed by atoms with Gasteiger partial charge in [0.05, 0.1) is 12.0 Å². The van der Waals surface area contributed by atoms with E-state index in [9.17, 15) is 23.2 Å². The normalized spacial score (nSPS) is 23.2. The fraction of sp³-hybridized carbons (Fsp3) is 0.438. The van der Waals surface area contributed by atoms with Gasteiger partial charge < -0.3 is 20.2 Å². The maximum atomic E-state index is 13.8. The van der Waals surface area contributed by atoms with Crippen LogP contribution >= 0.6 is 0 Å². The molecule has 2 atom stereocenters. The third-order valence-electron chi connectivity index (χ3n) is 4.48. The second kappa shape index (κ2) is 6.66. The Bertz CT molecular complexity index is 707. The summed E-state index contributed by atoms with van der Waals surface area (Å²) in [5.41, 5.74) is -0.420. The summed E-state index contributed by atoms with van der Waals surface area (Å²) in [4.78, 5) is 37.6. The van der Waals surface area contributed by atoms with Crippen molar-refractivity contribution in [3.8, 4) is 0 Å². The number of aliphatic carboxylic acids is 1. The standard InChI is InChI=1S/C16H17F2N3O4/c17-11-2-1-3-12(18)14(11)21-8-10(6-13(21)22)19-16(25)20-5-4-9(7-20)15(23)24/h1-3,9-10H,4-8H2,(H,19,25)(H,23,24). The lowest BCUT2D eigenvalue weighted by atomic mass is 10.1. The Labute approximate surface area is 142 Å². The number of carbonyl (C=O) groups excluding carboxylic acids is 2. The Hall–Kier alpha value is -2.71. The Morgan fingerprint density at radius 2 is 1.88 bits per heavy atom. The second-order valence-electron chi connectivity index (χ2n) is 6.19. The van der Waals surface area contributed by atoms with E-state index in [4.69, 9.17) is 5.11 Å². The van der Waals surface area contributed by atoms with Crippen LogP contribution in [0, 0.1) is 17.6 Å². The van der Waals surface area contributed by atoms with Crippen LogP contribution in [0.2, 0.25) is 0 Å². The van der Waals surface area contributed by atoms with Crippen LogP contribution in [0.15, 0.2) is 18.2 Å². The third kappa shape index (κ3) is 3.40. The lowest BCUT2D eigenvalue weighted by Crippen LogP contribution is -2.45. The smallest absolute Gasteiger partial charge is 0.317 e. The molecule has 2 N–H and O–H groups in total. The zero-order chi connectivity index (χ0) is 18.1. The van der Waals surface area contributed by atoms with E-state index in [-0.39, 0.29) is 19.5 Å². The van der Waals surface area contributed by atoms with E-state index in [1.54, 1.807) is 0 Å². The molecule has 2 aliphatic rings. The first-order valence-electron chi connectivity index (χ1n) is 7.89. The van der Waals surface area contributed by atoms with Gasteiger partial charge >= 0.3 is 12.0 Å². The molecule has 0 bridgehead atoms. The van der Waals surface area contributed by atoms with Gasteiger partial charge in [0.25, 0.3) is 0 Å². The molecule has 0 aliphatic carbocycles. The van der Waals surface area contributed by atoms with Gasteiger partial charge in [-0.1, -0.05) is 6.07 Å². The monoisotopic (exact) mass is 353 g/mol. The van der Waals surface area contributed by atoms with E-state index in [0.717, 1.165) is 17.0 Å². The minimum absolute atomic E-state index is 0.0430. The molecule has 0 aromatic heterocycles. The molecule has 7 nitrogen and oxygen atoms in total. The highest BCUT2D eigenvalue weighted by Gasteiger charge is 2.37. The summed E-state index contributed by atoms with van der Waals surface area (Å²) in [6.07, 6.45) is 0.300. The van der Waals surface area contributed by atoms with E-state index in [0.29, 0.717) is 13.0 Å². The number of carboxylic acid groups (broad SMARTS) is 1. The molecule has 0 saturated carbocycles. The fourth-order valence-electron chi connectivity index (χ4n) is 3.18. The molecule has 2 unspecified atom stereocenters. The quantitative estimate of drug-likeness (QED) is 0.854. The van der Waals surface area contributed by atoms with E-state index in [1.807, 2.05) is 0 Å².